The van der Waals surface area contributed by atoms with Crippen molar-refractivity contribution in [2.45, 2.75) is 70.1 Å². The van der Waals surface area contributed by atoms with Crippen molar-refractivity contribution in [3.8, 4) is 0 Å². The van der Waals surface area contributed by atoms with Crippen LogP contribution in [0.4, 0.5) is 11.4 Å². The highest BCUT2D eigenvalue weighted by atomic mass is 16.6. The van der Waals surface area contributed by atoms with Gasteiger partial charge in [-0.3, -0.25) is 14.4 Å². The molecule has 5 rings (SSSR count). The average molecular weight is 566 g/mol. The average Bonchev–Trinajstić information content (AvgIpc) is 3.38. The van der Waals surface area contributed by atoms with Gasteiger partial charge in [0.15, 0.2) is 0 Å². The molecule has 0 saturated carbocycles. The van der Waals surface area contributed by atoms with Crippen molar-refractivity contribution in [3.63, 3.8) is 0 Å². The molecule has 2 saturated heterocycles. The van der Waals surface area contributed by atoms with Gasteiger partial charge in [-0.05, 0) is 63.8 Å². The minimum Gasteiger partial charge on any atom is -0.465 e. The van der Waals surface area contributed by atoms with Gasteiger partial charge < -0.3 is 29.3 Å². The maximum absolute atomic E-state index is 14.5. The molecule has 1 aromatic carbocycles. The van der Waals surface area contributed by atoms with Gasteiger partial charge in [-0.25, -0.2) is 0 Å². The Balaban J connectivity index is 1.50. The molecular formula is C32H43N3O6. The first kappa shape index (κ1) is 29.3. The zero-order chi connectivity index (χ0) is 29.0. The van der Waals surface area contributed by atoms with Gasteiger partial charge in [-0.2, -0.15) is 0 Å². The Hall–Kier alpha value is -3.17. The molecule has 1 unspecified atom stereocenters. The lowest BCUT2D eigenvalue weighted by Gasteiger charge is -2.35. The summed E-state index contributed by atoms with van der Waals surface area (Å²) in [6.07, 6.45) is 11.5. The fourth-order valence-electron chi connectivity index (χ4n) is 6.90. The smallest absolute Gasteiger partial charge is 0.312 e. The number of unbranched alkanes of at least 4 members (excludes halogenated alkanes) is 3. The predicted octanol–water partition coefficient (Wildman–Crippen LogP) is 3.46. The number of nitrogens with zero attached hydrogens (tertiary/aromatic N) is 3. The first-order valence-electron chi connectivity index (χ1n) is 15.2. The van der Waals surface area contributed by atoms with Gasteiger partial charge in [-0.1, -0.05) is 37.1 Å². The van der Waals surface area contributed by atoms with Crippen LogP contribution in [0.5, 0.6) is 0 Å². The van der Waals surface area contributed by atoms with Crippen LogP contribution in [-0.4, -0.2) is 84.9 Å². The van der Waals surface area contributed by atoms with Crippen molar-refractivity contribution >= 4 is 29.2 Å². The lowest BCUT2D eigenvalue weighted by Crippen LogP contribution is -2.55. The minimum atomic E-state index is -1.26. The summed E-state index contributed by atoms with van der Waals surface area (Å²) >= 11 is 0. The monoisotopic (exact) mass is 565 g/mol. The summed E-state index contributed by atoms with van der Waals surface area (Å²) < 4.78 is 12.3. The predicted molar refractivity (Wildman–Crippen MR) is 156 cm³/mol. The van der Waals surface area contributed by atoms with E-state index in [4.69, 9.17) is 14.6 Å². The fraction of sp³-hybridized carbons (Fsp3) is 0.594. The molecule has 1 aromatic rings. The molecule has 4 aliphatic rings. The largest absolute Gasteiger partial charge is 0.465 e. The van der Waals surface area contributed by atoms with Crippen molar-refractivity contribution < 1.29 is 29.0 Å². The lowest BCUT2D eigenvalue weighted by molar-refractivity contribution is -0.154. The van der Waals surface area contributed by atoms with Crippen LogP contribution in [0.3, 0.4) is 0 Å². The molecular weight excluding hydrogens is 522 g/mol. The van der Waals surface area contributed by atoms with Crippen molar-refractivity contribution in [2.75, 3.05) is 49.2 Å². The third-order valence-electron chi connectivity index (χ3n) is 8.95. The Labute approximate surface area is 242 Å². The standard InChI is InChI=1S/C32H43N3O6/c1-3-33(4-2)23-14-16-24(17-15-23)34-20-12-18-32-27(26-25(41-32)13-8-7-11-22-40-31(26)39)29(37)35(28(32)30(34)38)19-9-5-6-10-21-36/h8,12-18,25-28,36H,3-7,9-11,19-22H2,1-2H3/b13-8-/t25-,26+,27-,28?,32-/m0/s1. The summed E-state index contributed by atoms with van der Waals surface area (Å²) in [6.45, 7) is 7.15. The second kappa shape index (κ2) is 12.8. The second-order valence-electron chi connectivity index (χ2n) is 11.3. The Bertz CT molecular complexity index is 1160. The molecule has 41 heavy (non-hydrogen) atoms. The molecule has 2 fully saturated rings. The number of benzene rings is 1. The van der Waals surface area contributed by atoms with Gasteiger partial charge in [-0.15, -0.1) is 0 Å². The van der Waals surface area contributed by atoms with Gasteiger partial charge in [0, 0.05) is 44.2 Å². The first-order chi connectivity index (χ1) is 20.0. The molecule has 5 atom stereocenters. The van der Waals surface area contributed by atoms with Gasteiger partial charge >= 0.3 is 5.97 Å². The number of hydrogen-bond donors (Lipinski definition) is 1. The Morgan fingerprint density at radius 2 is 1.76 bits per heavy atom. The van der Waals surface area contributed by atoms with E-state index >= 15 is 0 Å². The Kier molecular flexibility index (Phi) is 9.14. The number of likely N-dealkylation sites (tertiary alicyclic amines) is 1. The highest BCUT2D eigenvalue weighted by Gasteiger charge is 2.71. The summed E-state index contributed by atoms with van der Waals surface area (Å²) in [5.41, 5.74) is 0.587. The van der Waals surface area contributed by atoms with Crippen molar-refractivity contribution in [2.24, 2.45) is 11.8 Å². The number of allylic oxidation sites excluding steroid dienone is 1. The maximum Gasteiger partial charge on any atom is 0.312 e. The molecule has 4 aliphatic heterocycles. The van der Waals surface area contributed by atoms with Crippen LogP contribution in [0, 0.1) is 11.8 Å². The molecule has 0 aromatic heterocycles. The number of fused-ring (bicyclic) bond motifs is 2. The highest BCUT2D eigenvalue weighted by Crippen LogP contribution is 2.53. The number of anilines is 2. The molecule has 4 heterocycles. The van der Waals surface area contributed by atoms with Gasteiger partial charge in [0.05, 0.1) is 18.6 Å². The van der Waals surface area contributed by atoms with Gasteiger partial charge in [0.25, 0.3) is 5.91 Å². The zero-order valence-electron chi connectivity index (χ0n) is 24.2. The normalized spacial score (nSPS) is 30.1. The minimum absolute atomic E-state index is 0.133. The van der Waals surface area contributed by atoms with E-state index in [9.17, 15) is 14.4 Å². The number of aliphatic hydroxyl groups is 1. The van der Waals surface area contributed by atoms with Crippen LogP contribution in [0.2, 0.25) is 0 Å². The van der Waals surface area contributed by atoms with E-state index in [1.807, 2.05) is 48.6 Å². The van der Waals surface area contributed by atoms with Crippen LogP contribution in [0.25, 0.3) is 0 Å². The summed E-state index contributed by atoms with van der Waals surface area (Å²) in [6, 6.07) is 7.07. The molecule has 9 nitrogen and oxygen atoms in total. The number of amides is 2. The van der Waals surface area contributed by atoms with E-state index in [0.29, 0.717) is 39.0 Å². The van der Waals surface area contributed by atoms with E-state index in [2.05, 4.69) is 18.7 Å². The van der Waals surface area contributed by atoms with Crippen molar-refractivity contribution in [1.82, 2.24) is 4.90 Å². The number of esters is 1. The maximum atomic E-state index is 14.5. The zero-order valence-corrected chi connectivity index (χ0v) is 24.2. The number of cyclic esters (lactones) is 1. The van der Waals surface area contributed by atoms with E-state index in [-0.39, 0.29) is 18.4 Å². The number of ether oxygens (including phenoxy) is 2. The third kappa shape index (κ3) is 5.42. The molecule has 1 spiro atoms. The number of carbonyl (C=O) groups is 3. The molecule has 0 bridgehead atoms. The molecule has 0 radical (unpaired) electrons. The van der Waals surface area contributed by atoms with Crippen molar-refractivity contribution in [1.29, 1.82) is 0 Å². The SMILES string of the molecule is CCN(CC)c1ccc(N2CC=C[C@]34O[C@H]5/C=C\CCCOC(=O)[C@H]5[C@H]3C(=O)N(CCCCCCO)C4C2=O)cc1. The third-order valence-corrected chi connectivity index (χ3v) is 8.95. The molecule has 2 amide bonds. The fourth-order valence-corrected chi connectivity index (χ4v) is 6.90. The summed E-state index contributed by atoms with van der Waals surface area (Å²) in [4.78, 5) is 47.7. The van der Waals surface area contributed by atoms with Crippen LogP contribution >= 0.6 is 0 Å². The van der Waals surface area contributed by atoms with Crippen molar-refractivity contribution in [3.05, 3.63) is 48.6 Å². The second-order valence-corrected chi connectivity index (χ2v) is 11.3. The van der Waals surface area contributed by atoms with Crippen LogP contribution in [0.15, 0.2) is 48.6 Å². The van der Waals surface area contributed by atoms with E-state index in [0.717, 1.165) is 43.7 Å². The van der Waals surface area contributed by atoms with E-state index < -0.39 is 35.6 Å². The number of carbonyl (C=O) groups excluding carboxylic acids is 3. The van der Waals surface area contributed by atoms with Gasteiger partial charge in [0.2, 0.25) is 5.91 Å². The van der Waals surface area contributed by atoms with Gasteiger partial charge in [0.1, 0.15) is 17.6 Å². The van der Waals surface area contributed by atoms with Crippen LogP contribution < -0.4 is 9.80 Å². The van der Waals surface area contributed by atoms with Crippen LogP contribution in [-0.2, 0) is 23.9 Å². The van der Waals surface area contributed by atoms with Crippen LogP contribution in [0.1, 0.15) is 52.4 Å². The summed E-state index contributed by atoms with van der Waals surface area (Å²) in [7, 11) is 0. The summed E-state index contributed by atoms with van der Waals surface area (Å²) in [5, 5.41) is 9.17. The molecule has 9 heteroatoms. The number of aliphatic hydroxyl groups excluding tert-OH is 1. The highest BCUT2D eigenvalue weighted by molar-refractivity contribution is 6.05. The summed E-state index contributed by atoms with van der Waals surface area (Å²) in [5.74, 6) is -2.52. The Morgan fingerprint density at radius 3 is 2.49 bits per heavy atom. The topological polar surface area (TPSA) is 99.6 Å². The molecule has 222 valence electrons. The lowest BCUT2D eigenvalue weighted by atomic mass is 9.78. The molecule has 0 aliphatic carbocycles. The Morgan fingerprint density at radius 1 is 1.00 bits per heavy atom. The number of hydrogen-bond acceptors (Lipinski definition) is 7. The van der Waals surface area contributed by atoms with E-state index in [1.165, 1.54) is 0 Å². The number of rotatable bonds is 10. The van der Waals surface area contributed by atoms with E-state index in [1.54, 1.807) is 9.80 Å². The quantitative estimate of drug-likeness (QED) is 0.264. The first-order valence-corrected chi connectivity index (χ1v) is 15.2. The molecule has 1 N–H and O–H groups in total.